The molecule has 0 bridgehead atoms. The van der Waals surface area contributed by atoms with Crippen molar-refractivity contribution in [3.63, 3.8) is 0 Å². The fourth-order valence-corrected chi connectivity index (χ4v) is 3.40. The van der Waals surface area contributed by atoms with Crippen molar-refractivity contribution >= 4 is 29.9 Å². The highest BCUT2D eigenvalue weighted by atomic mass is 127. The quantitative estimate of drug-likeness (QED) is 0.193. The standard InChI is InChI=1S/C19H40N4O2.HI/c1-5-20-19(21-12-9-13-25-15-14-24-4)22-16-18(23(2)3)17-10-7-6-8-11-17;/h17-18H,5-16H2,1-4H3,(H2,20,21,22);1H. The molecule has 1 saturated carbocycles. The van der Waals surface area contributed by atoms with Gasteiger partial charge in [-0.25, -0.2) is 0 Å². The van der Waals surface area contributed by atoms with Gasteiger partial charge in [0.05, 0.1) is 19.8 Å². The summed E-state index contributed by atoms with van der Waals surface area (Å²) in [5, 5.41) is 6.77. The number of methoxy groups -OCH3 is 1. The second-order valence-electron chi connectivity index (χ2n) is 7.03. The molecular formula is C19H41IN4O2. The molecule has 1 aliphatic carbocycles. The summed E-state index contributed by atoms with van der Waals surface area (Å²) in [5.74, 6) is 1.70. The Balaban J connectivity index is 0.00000625. The summed E-state index contributed by atoms with van der Waals surface area (Å²) in [5.41, 5.74) is 0. The van der Waals surface area contributed by atoms with Gasteiger partial charge in [0.15, 0.2) is 5.96 Å². The molecule has 0 aromatic carbocycles. The minimum Gasteiger partial charge on any atom is -0.382 e. The Morgan fingerprint density at radius 2 is 1.85 bits per heavy atom. The Hall–Kier alpha value is -0.120. The molecule has 0 aliphatic heterocycles. The Morgan fingerprint density at radius 1 is 1.12 bits per heavy atom. The van der Waals surface area contributed by atoms with Crippen LogP contribution >= 0.6 is 24.0 Å². The third kappa shape index (κ3) is 11.6. The summed E-state index contributed by atoms with van der Waals surface area (Å²) in [6.07, 6.45) is 7.81. The number of ether oxygens (including phenoxy) is 2. The van der Waals surface area contributed by atoms with Gasteiger partial charge >= 0.3 is 0 Å². The molecule has 1 unspecified atom stereocenters. The molecule has 1 rings (SSSR count). The molecule has 0 heterocycles. The molecule has 0 aromatic rings. The molecule has 0 aromatic heterocycles. The molecule has 2 N–H and O–H groups in total. The van der Waals surface area contributed by atoms with Crippen LogP contribution in [0, 0.1) is 5.92 Å². The van der Waals surface area contributed by atoms with Gasteiger partial charge in [0.1, 0.15) is 0 Å². The summed E-state index contributed by atoms with van der Waals surface area (Å²) in [6.45, 7) is 6.79. The van der Waals surface area contributed by atoms with Gasteiger partial charge in [-0.3, -0.25) is 4.99 Å². The second-order valence-corrected chi connectivity index (χ2v) is 7.03. The van der Waals surface area contributed by atoms with Gasteiger partial charge in [-0.15, -0.1) is 24.0 Å². The number of aliphatic imine (C=N–C) groups is 1. The van der Waals surface area contributed by atoms with E-state index < -0.39 is 0 Å². The minimum atomic E-state index is 0. The number of hydrogen-bond acceptors (Lipinski definition) is 4. The van der Waals surface area contributed by atoms with E-state index in [-0.39, 0.29) is 24.0 Å². The zero-order chi connectivity index (χ0) is 18.3. The van der Waals surface area contributed by atoms with Crippen molar-refractivity contribution < 1.29 is 9.47 Å². The van der Waals surface area contributed by atoms with Crippen molar-refractivity contribution in [2.45, 2.75) is 51.5 Å². The number of likely N-dealkylation sites (N-methyl/N-ethyl adjacent to an activating group) is 1. The van der Waals surface area contributed by atoms with E-state index in [0.717, 1.165) is 44.5 Å². The summed E-state index contributed by atoms with van der Waals surface area (Å²) >= 11 is 0. The molecule has 0 spiro atoms. The zero-order valence-corrected chi connectivity index (χ0v) is 19.6. The summed E-state index contributed by atoms with van der Waals surface area (Å²) in [7, 11) is 6.07. The number of nitrogens with one attached hydrogen (secondary N) is 2. The van der Waals surface area contributed by atoms with Crippen LogP contribution in [-0.4, -0.2) is 77.6 Å². The van der Waals surface area contributed by atoms with Gasteiger partial charge < -0.3 is 25.0 Å². The van der Waals surface area contributed by atoms with Crippen LogP contribution in [0.2, 0.25) is 0 Å². The van der Waals surface area contributed by atoms with Crippen molar-refractivity contribution in [2.24, 2.45) is 10.9 Å². The van der Waals surface area contributed by atoms with Crippen LogP contribution in [0.1, 0.15) is 45.4 Å². The number of nitrogens with zero attached hydrogens (tertiary/aromatic N) is 2. The van der Waals surface area contributed by atoms with Crippen LogP contribution in [0.4, 0.5) is 0 Å². The monoisotopic (exact) mass is 484 g/mol. The summed E-state index contributed by atoms with van der Waals surface area (Å²) in [4.78, 5) is 7.20. The number of hydrogen-bond donors (Lipinski definition) is 2. The smallest absolute Gasteiger partial charge is 0.191 e. The molecular weight excluding hydrogens is 443 g/mol. The number of rotatable bonds is 12. The largest absolute Gasteiger partial charge is 0.382 e. The first-order chi connectivity index (χ1) is 12.2. The Kier molecular flexibility index (Phi) is 16.9. The third-order valence-electron chi connectivity index (χ3n) is 4.83. The van der Waals surface area contributed by atoms with Crippen molar-refractivity contribution in [3.8, 4) is 0 Å². The van der Waals surface area contributed by atoms with E-state index in [1.165, 1.54) is 32.1 Å². The van der Waals surface area contributed by atoms with Gasteiger partial charge in [-0.2, -0.15) is 0 Å². The highest BCUT2D eigenvalue weighted by Gasteiger charge is 2.25. The van der Waals surface area contributed by atoms with Crippen LogP contribution in [0.5, 0.6) is 0 Å². The highest BCUT2D eigenvalue weighted by molar-refractivity contribution is 14.0. The van der Waals surface area contributed by atoms with Gasteiger partial charge in [0.25, 0.3) is 0 Å². The molecule has 1 aliphatic rings. The molecule has 156 valence electrons. The Morgan fingerprint density at radius 3 is 2.46 bits per heavy atom. The lowest BCUT2D eigenvalue weighted by atomic mass is 9.83. The zero-order valence-electron chi connectivity index (χ0n) is 17.3. The molecule has 6 nitrogen and oxygen atoms in total. The number of halogens is 1. The lowest BCUT2D eigenvalue weighted by Crippen LogP contribution is -2.42. The average molecular weight is 484 g/mol. The van der Waals surface area contributed by atoms with E-state index in [2.05, 4.69) is 36.6 Å². The van der Waals surface area contributed by atoms with Gasteiger partial charge in [-0.1, -0.05) is 19.3 Å². The van der Waals surface area contributed by atoms with Crippen LogP contribution < -0.4 is 10.6 Å². The van der Waals surface area contributed by atoms with E-state index >= 15 is 0 Å². The van der Waals surface area contributed by atoms with E-state index in [9.17, 15) is 0 Å². The molecule has 7 heteroatoms. The summed E-state index contributed by atoms with van der Waals surface area (Å²) in [6, 6.07) is 0.535. The lowest BCUT2D eigenvalue weighted by molar-refractivity contribution is 0.0698. The number of guanidine groups is 1. The van der Waals surface area contributed by atoms with E-state index in [0.29, 0.717) is 19.3 Å². The van der Waals surface area contributed by atoms with Crippen LogP contribution in [0.25, 0.3) is 0 Å². The molecule has 0 saturated heterocycles. The van der Waals surface area contributed by atoms with Crippen molar-refractivity contribution in [2.75, 3.05) is 60.7 Å². The first-order valence-electron chi connectivity index (χ1n) is 9.94. The maximum atomic E-state index is 5.49. The van der Waals surface area contributed by atoms with E-state index in [1.54, 1.807) is 7.11 Å². The maximum Gasteiger partial charge on any atom is 0.191 e. The third-order valence-corrected chi connectivity index (χ3v) is 4.83. The van der Waals surface area contributed by atoms with Gasteiger partial charge in [0, 0.05) is 32.8 Å². The second kappa shape index (κ2) is 17.0. The minimum absolute atomic E-state index is 0. The summed E-state index contributed by atoms with van der Waals surface area (Å²) < 4.78 is 10.5. The van der Waals surface area contributed by atoms with Crippen LogP contribution in [-0.2, 0) is 9.47 Å². The molecule has 1 atom stereocenters. The first kappa shape index (κ1) is 25.9. The maximum absolute atomic E-state index is 5.49. The van der Waals surface area contributed by atoms with Gasteiger partial charge in [0.2, 0.25) is 0 Å². The van der Waals surface area contributed by atoms with Crippen molar-refractivity contribution in [1.29, 1.82) is 0 Å². The molecule has 0 amide bonds. The molecule has 0 radical (unpaired) electrons. The van der Waals surface area contributed by atoms with Crippen molar-refractivity contribution in [3.05, 3.63) is 0 Å². The fourth-order valence-electron chi connectivity index (χ4n) is 3.40. The fraction of sp³-hybridized carbons (Fsp3) is 0.947. The van der Waals surface area contributed by atoms with Crippen LogP contribution in [0.15, 0.2) is 4.99 Å². The molecule has 1 fully saturated rings. The highest BCUT2D eigenvalue weighted by Crippen LogP contribution is 2.28. The Labute approximate surface area is 177 Å². The lowest BCUT2D eigenvalue weighted by Gasteiger charge is -2.34. The van der Waals surface area contributed by atoms with E-state index in [4.69, 9.17) is 14.5 Å². The molecule has 26 heavy (non-hydrogen) atoms. The average Bonchev–Trinajstić information content (AvgIpc) is 2.61. The normalized spacial score (nSPS) is 17.0. The topological polar surface area (TPSA) is 58.1 Å². The van der Waals surface area contributed by atoms with E-state index in [1.807, 2.05) is 0 Å². The van der Waals surface area contributed by atoms with Crippen molar-refractivity contribution in [1.82, 2.24) is 15.5 Å². The van der Waals surface area contributed by atoms with Gasteiger partial charge in [-0.05, 0) is 46.2 Å². The SMILES string of the molecule is CCNC(=NCC(C1CCCCC1)N(C)C)NCCCOCCOC.I. The predicted molar refractivity (Wildman–Crippen MR) is 121 cm³/mol. The first-order valence-corrected chi connectivity index (χ1v) is 9.94. The van der Waals surface area contributed by atoms with Crippen LogP contribution in [0.3, 0.4) is 0 Å². The Bertz CT molecular complexity index is 350. The predicted octanol–water partition coefficient (Wildman–Crippen LogP) is 2.72.